The molecule has 2 rings (SSSR count). The maximum Gasteiger partial charge on any atom is 0.262 e. The molecule has 138 valence electrons. The lowest BCUT2D eigenvalue weighted by Crippen LogP contribution is -2.20. The highest BCUT2D eigenvalue weighted by atomic mass is 16.5. The minimum atomic E-state index is -0.295. The van der Waals surface area contributed by atoms with E-state index in [2.05, 4.69) is 5.32 Å². The van der Waals surface area contributed by atoms with Gasteiger partial charge in [0.25, 0.3) is 5.91 Å². The van der Waals surface area contributed by atoms with Crippen molar-refractivity contribution in [2.45, 2.75) is 6.92 Å². The van der Waals surface area contributed by atoms with E-state index >= 15 is 0 Å². The van der Waals surface area contributed by atoms with Gasteiger partial charge in [0.15, 0.2) is 29.6 Å². The Morgan fingerprint density at radius 3 is 2.23 bits per heavy atom. The number of ether oxygens (including phenoxy) is 4. The lowest BCUT2D eigenvalue weighted by atomic mass is 10.2. The van der Waals surface area contributed by atoms with Crippen LogP contribution in [0, 0.1) is 0 Å². The first-order chi connectivity index (χ1) is 12.6. The quantitative estimate of drug-likeness (QED) is 0.779. The fourth-order valence-corrected chi connectivity index (χ4v) is 2.35. The average Bonchev–Trinajstić information content (AvgIpc) is 2.66. The van der Waals surface area contributed by atoms with Gasteiger partial charge in [-0.05, 0) is 36.8 Å². The van der Waals surface area contributed by atoms with Crippen molar-refractivity contribution in [1.29, 1.82) is 0 Å². The Morgan fingerprint density at radius 1 is 0.923 bits per heavy atom. The highest BCUT2D eigenvalue weighted by Gasteiger charge is 2.10. The molecule has 0 aliphatic rings. The summed E-state index contributed by atoms with van der Waals surface area (Å²) in [5, 5.41) is 2.76. The van der Waals surface area contributed by atoms with Crippen molar-refractivity contribution in [3.8, 4) is 23.0 Å². The van der Waals surface area contributed by atoms with Crippen LogP contribution in [0.15, 0.2) is 42.5 Å². The summed E-state index contributed by atoms with van der Waals surface area (Å²) < 4.78 is 21.3. The molecule has 0 saturated heterocycles. The summed E-state index contributed by atoms with van der Waals surface area (Å²) in [5.74, 6) is 1.90. The number of hydrogen-bond donors (Lipinski definition) is 1. The fourth-order valence-electron chi connectivity index (χ4n) is 2.35. The molecule has 0 radical (unpaired) electrons. The van der Waals surface area contributed by atoms with Gasteiger partial charge in [-0.2, -0.15) is 0 Å². The largest absolute Gasteiger partial charge is 0.493 e. The van der Waals surface area contributed by atoms with E-state index in [4.69, 9.17) is 18.9 Å². The Hall–Kier alpha value is -3.15. The minimum Gasteiger partial charge on any atom is -0.493 e. The molecule has 0 spiro atoms. The molecule has 26 heavy (non-hydrogen) atoms. The van der Waals surface area contributed by atoms with Crippen molar-refractivity contribution in [3.05, 3.63) is 48.0 Å². The molecular formula is C20H23NO5. The lowest BCUT2D eigenvalue weighted by Gasteiger charge is -2.13. The van der Waals surface area contributed by atoms with E-state index in [1.165, 1.54) is 7.11 Å². The van der Waals surface area contributed by atoms with Crippen LogP contribution >= 0.6 is 0 Å². The van der Waals surface area contributed by atoms with E-state index in [0.717, 1.165) is 5.56 Å². The van der Waals surface area contributed by atoms with Gasteiger partial charge in [-0.3, -0.25) is 4.79 Å². The number of anilines is 1. The molecule has 1 amide bonds. The fraction of sp³-hybridized carbons (Fsp3) is 0.250. The first-order valence-corrected chi connectivity index (χ1v) is 8.06. The average molecular weight is 357 g/mol. The predicted octanol–water partition coefficient (Wildman–Crippen LogP) is 3.76. The Balaban J connectivity index is 2.01. The standard InChI is InChI=1S/C20H23NO5/c1-5-6-14-7-9-17(18(11-14)24-3)26-13-20(22)21-15-8-10-16(23-2)19(12-15)25-4/h5-12H,13H2,1-4H3,(H,21,22). The maximum atomic E-state index is 12.1. The van der Waals surface area contributed by atoms with Crippen LogP contribution in [0.1, 0.15) is 12.5 Å². The number of benzene rings is 2. The summed E-state index contributed by atoms with van der Waals surface area (Å²) in [6.07, 6.45) is 3.89. The molecule has 0 atom stereocenters. The van der Waals surface area contributed by atoms with Crippen LogP contribution < -0.4 is 24.3 Å². The number of rotatable bonds is 8. The molecule has 0 aliphatic carbocycles. The van der Waals surface area contributed by atoms with Crippen LogP contribution in [0.5, 0.6) is 23.0 Å². The smallest absolute Gasteiger partial charge is 0.262 e. The van der Waals surface area contributed by atoms with Crippen LogP contribution in [0.2, 0.25) is 0 Å². The Bertz CT molecular complexity index is 786. The summed E-state index contributed by atoms with van der Waals surface area (Å²) in [7, 11) is 4.65. The molecule has 6 heteroatoms. The van der Waals surface area contributed by atoms with E-state index < -0.39 is 0 Å². The molecule has 1 N–H and O–H groups in total. The van der Waals surface area contributed by atoms with Crippen molar-refractivity contribution in [2.75, 3.05) is 33.3 Å². The zero-order valence-corrected chi connectivity index (χ0v) is 15.4. The lowest BCUT2D eigenvalue weighted by molar-refractivity contribution is -0.118. The SMILES string of the molecule is CC=Cc1ccc(OCC(=O)Nc2ccc(OC)c(OC)c2)c(OC)c1. The highest BCUT2D eigenvalue weighted by molar-refractivity contribution is 5.92. The third-order valence-electron chi connectivity index (χ3n) is 3.57. The van der Waals surface area contributed by atoms with Crippen molar-refractivity contribution in [2.24, 2.45) is 0 Å². The number of nitrogens with one attached hydrogen (secondary N) is 1. The number of amides is 1. The van der Waals surface area contributed by atoms with E-state index in [1.54, 1.807) is 38.5 Å². The van der Waals surface area contributed by atoms with Gasteiger partial charge in [0.1, 0.15) is 0 Å². The highest BCUT2D eigenvalue weighted by Crippen LogP contribution is 2.30. The van der Waals surface area contributed by atoms with E-state index in [1.807, 2.05) is 31.2 Å². The van der Waals surface area contributed by atoms with Crippen molar-refractivity contribution in [1.82, 2.24) is 0 Å². The third kappa shape index (κ3) is 4.92. The van der Waals surface area contributed by atoms with Crippen LogP contribution in [0.25, 0.3) is 6.08 Å². The monoisotopic (exact) mass is 357 g/mol. The van der Waals surface area contributed by atoms with Gasteiger partial charge < -0.3 is 24.3 Å². The minimum absolute atomic E-state index is 0.145. The van der Waals surface area contributed by atoms with Crippen LogP contribution in [-0.2, 0) is 4.79 Å². The Morgan fingerprint density at radius 2 is 1.58 bits per heavy atom. The van der Waals surface area contributed by atoms with Gasteiger partial charge in [0.2, 0.25) is 0 Å². The third-order valence-corrected chi connectivity index (χ3v) is 3.57. The molecule has 2 aromatic carbocycles. The second-order valence-electron chi connectivity index (χ2n) is 5.32. The van der Waals surface area contributed by atoms with E-state index in [-0.39, 0.29) is 12.5 Å². The Kier molecular flexibility index (Phi) is 6.91. The molecule has 0 fully saturated rings. The van der Waals surface area contributed by atoms with Gasteiger partial charge in [-0.25, -0.2) is 0 Å². The summed E-state index contributed by atoms with van der Waals surface area (Å²) in [6.45, 7) is 1.79. The Labute approximate surface area is 153 Å². The van der Waals surface area contributed by atoms with Crippen molar-refractivity contribution in [3.63, 3.8) is 0 Å². The van der Waals surface area contributed by atoms with Gasteiger partial charge in [-0.15, -0.1) is 0 Å². The molecule has 0 unspecified atom stereocenters. The second-order valence-corrected chi connectivity index (χ2v) is 5.32. The van der Waals surface area contributed by atoms with E-state index in [0.29, 0.717) is 28.7 Å². The second kappa shape index (κ2) is 9.36. The first-order valence-electron chi connectivity index (χ1n) is 8.06. The van der Waals surface area contributed by atoms with Gasteiger partial charge in [-0.1, -0.05) is 18.2 Å². The summed E-state index contributed by atoms with van der Waals surface area (Å²) in [6, 6.07) is 10.6. The zero-order valence-electron chi connectivity index (χ0n) is 15.4. The van der Waals surface area contributed by atoms with Gasteiger partial charge in [0.05, 0.1) is 21.3 Å². The molecule has 0 bridgehead atoms. The molecule has 0 aromatic heterocycles. The van der Waals surface area contributed by atoms with Crippen LogP contribution in [-0.4, -0.2) is 33.8 Å². The summed E-state index contributed by atoms with van der Waals surface area (Å²) >= 11 is 0. The van der Waals surface area contributed by atoms with Crippen LogP contribution in [0.4, 0.5) is 5.69 Å². The van der Waals surface area contributed by atoms with Gasteiger partial charge in [0, 0.05) is 11.8 Å². The first kappa shape index (κ1) is 19.2. The van der Waals surface area contributed by atoms with Crippen molar-refractivity contribution < 1.29 is 23.7 Å². The zero-order chi connectivity index (χ0) is 18.9. The van der Waals surface area contributed by atoms with Crippen molar-refractivity contribution >= 4 is 17.7 Å². The molecule has 2 aromatic rings. The molecule has 6 nitrogen and oxygen atoms in total. The summed E-state index contributed by atoms with van der Waals surface area (Å²) in [5.41, 5.74) is 1.58. The predicted molar refractivity (Wildman–Crippen MR) is 101 cm³/mol. The molecular weight excluding hydrogens is 334 g/mol. The number of carbonyl (C=O) groups is 1. The summed E-state index contributed by atoms with van der Waals surface area (Å²) in [4.78, 5) is 12.1. The number of allylic oxidation sites excluding steroid dienone is 1. The van der Waals surface area contributed by atoms with E-state index in [9.17, 15) is 4.79 Å². The topological polar surface area (TPSA) is 66.0 Å². The van der Waals surface area contributed by atoms with Crippen LogP contribution in [0.3, 0.4) is 0 Å². The number of carbonyl (C=O) groups excluding carboxylic acids is 1. The molecule has 0 aliphatic heterocycles. The number of hydrogen-bond acceptors (Lipinski definition) is 5. The molecule has 0 saturated carbocycles. The number of methoxy groups -OCH3 is 3. The maximum absolute atomic E-state index is 12.1. The normalized spacial score (nSPS) is 10.5. The van der Waals surface area contributed by atoms with Gasteiger partial charge >= 0.3 is 0 Å². The molecule has 0 heterocycles.